The Morgan fingerprint density at radius 2 is 2.00 bits per heavy atom. The van der Waals surface area contributed by atoms with Gasteiger partial charge < -0.3 is 10.2 Å². The van der Waals surface area contributed by atoms with Crippen molar-refractivity contribution in [3.05, 3.63) is 53.9 Å². The zero-order valence-electron chi connectivity index (χ0n) is 15.1. The average Bonchev–Trinajstić information content (AvgIpc) is 2.67. The summed E-state index contributed by atoms with van der Waals surface area (Å²) in [5, 5.41) is 2.74. The smallest absolute Gasteiger partial charge is 0.354 e. The van der Waals surface area contributed by atoms with Crippen molar-refractivity contribution in [2.45, 2.75) is 44.8 Å². The molecule has 0 saturated carbocycles. The normalized spacial score (nSPS) is 17.6. The lowest BCUT2D eigenvalue weighted by atomic mass is 9.99. The third-order valence-corrected chi connectivity index (χ3v) is 4.85. The van der Waals surface area contributed by atoms with Gasteiger partial charge in [-0.3, -0.25) is 4.79 Å². The molecule has 1 aromatic carbocycles. The van der Waals surface area contributed by atoms with E-state index in [1.165, 1.54) is 24.4 Å². The van der Waals surface area contributed by atoms with Crippen LogP contribution in [0.3, 0.4) is 0 Å². The predicted molar refractivity (Wildman–Crippen MR) is 97.9 cm³/mol. The highest BCUT2D eigenvalue weighted by molar-refractivity contribution is 5.92. The van der Waals surface area contributed by atoms with E-state index in [9.17, 15) is 18.0 Å². The number of para-hydroxylation sites is 1. The van der Waals surface area contributed by atoms with Gasteiger partial charge in [-0.1, -0.05) is 19.1 Å². The second kappa shape index (κ2) is 7.98. The van der Waals surface area contributed by atoms with Crippen LogP contribution >= 0.6 is 0 Å². The van der Waals surface area contributed by atoms with E-state index >= 15 is 0 Å². The molecule has 1 fully saturated rings. The Bertz CT molecular complexity index is 790. The lowest BCUT2D eigenvalue weighted by molar-refractivity contribution is -0.136. The van der Waals surface area contributed by atoms with Crippen LogP contribution in [-0.2, 0) is 6.18 Å². The van der Waals surface area contributed by atoms with Crippen LogP contribution in [0.15, 0.2) is 42.6 Å². The second-order valence-electron chi connectivity index (χ2n) is 6.66. The molecule has 1 atom stereocenters. The summed E-state index contributed by atoms with van der Waals surface area (Å²) >= 11 is 0. The van der Waals surface area contributed by atoms with E-state index in [1.807, 2.05) is 4.90 Å². The van der Waals surface area contributed by atoms with Gasteiger partial charge in [-0.25, -0.2) is 4.98 Å². The first kappa shape index (κ1) is 19.2. The number of halogens is 3. The van der Waals surface area contributed by atoms with Crippen LogP contribution in [0, 0.1) is 0 Å². The van der Waals surface area contributed by atoms with E-state index in [-0.39, 0.29) is 17.6 Å². The van der Waals surface area contributed by atoms with Crippen LogP contribution < -0.4 is 5.32 Å². The number of rotatable bonds is 4. The average molecular weight is 377 g/mol. The minimum Gasteiger partial charge on any atom is -0.354 e. The summed E-state index contributed by atoms with van der Waals surface area (Å²) in [5.74, 6) is -0.121. The van der Waals surface area contributed by atoms with Gasteiger partial charge in [0.05, 0.1) is 23.1 Å². The minimum atomic E-state index is -4.45. The van der Waals surface area contributed by atoms with Gasteiger partial charge in [-0.2, -0.15) is 13.2 Å². The summed E-state index contributed by atoms with van der Waals surface area (Å²) < 4.78 is 39.3. The number of alkyl halides is 3. The van der Waals surface area contributed by atoms with Gasteiger partial charge in [-0.15, -0.1) is 0 Å². The summed E-state index contributed by atoms with van der Waals surface area (Å²) in [4.78, 5) is 18.8. The molecular weight excluding hydrogens is 355 g/mol. The number of carbonyl (C=O) groups is 1. The number of likely N-dealkylation sites (tertiary alicyclic amines) is 1. The topological polar surface area (TPSA) is 45.2 Å². The first-order chi connectivity index (χ1) is 12.9. The Morgan fingerprint density at radius 3 is 2.67 bits per heavy atom. The van der Waals surface area contributed by atoms with E-state index in [0.717, 1.165) is 38.3 Å². The number of aromatic nitrogens is 1. The van der Waals surface area contributed by atoms with Crippen molar-refractivity contribution < 1.29 is 18.0 Å². The molecule has 1 unspecified atom stereocenters. The number of anilines is 2. The third-order valence-electron chi connectivity index (χ3n) is 4.85. The number of amides is 1. The molecule has 0 spiro atoms. The molecule has 2 heterocycles. The number of nitrogens with zero attached hydrogens (tertiary/aromatic N) is 2. The summed E-state index contributed by atoms with van der Waals surface area (Å²) in [6.45, 7) is 2.78. The van der Waals surface area contributed by atoms with Gasteiger partial charge in [-0.05, 0) is 49.9 Å². The van der Waals surface area contributed by atoms with Crippen LogP contribution in [-0.4, -0.2) is 28.4 Å². The Hall–Kier alpha value is -2.57. The van der Waals surface area contributed by atoms with Gasteiger partial charge in [0.1, 0.15) is 5.69 Å². The van der Waals surface area contributed by atoms with Crippen LogP contribution in [0.25, 0.3) is 0 Å². The van der Waals surface area contributed by atoms with Crippen molar-refractivity contribution in [2.24, 2.45) is 0 Å². The Balaban J connectivity index is 1.76. The molecule has 2 aromatic rings. The maximum absolute atomic E-state index is 13.1. The van der Waals surface area contributed by atoms with Gasteiger partial charge in [0.2, 0.25) is 0 Å². The van der Waals surface area contributed by atoms with E-state index in [4.69, 9.17) is 0 Å². The standard InChI is InChI=1S/C20H22F3N3O/c1-2-15-7-5-6-12-26(15)19(27)18-11-10-14(13-24-18)25-17-9-4-3-8-16(17)20(21,22)23/h3-4,8-11,13,15,25H,2,5-7,12H2,1H3. The van der Waals surface area contributed by atoms with Gasteiger partial charge in [0, 0.05) is 12.6 Å². The van der Waals surface area contributed by atoms with E-state index < -0.39 is 11.7 Å². The van der Waals surface area contributed by atoms with Crippen molar-refractivity contribution in [3.63, 3.8) is 0 Å². The molecule has 0 bridgehead atoms. The highest BCUT2D eigenvalue weighted by Crippen LogP contribution is 2.35. The molecule has 0 radical (unpaired) electrons. The summed E-state index contributed by atoms with van der Waals surface area (Å²) in [7, 11) is 0. The Morgan fingerprint density at radius 1 is 1.22 bits per heavy atom. The lowest BCUT2D eigenvalue weighted by Gasteiger charge is -2.35. The number of nitrogens with one attached hydrogen (secondary N) is 1. The van der Waals surface area contributed by atoms with Crippen LogP contribution in [0.1, 0.15) is 48.7 Å². The number of hydrogen-bond acceptors (Lipinski definition) is 3. The van der Waals surface area contributed by atoms with Crippen molar-refractivity contribution >= 4 is 17.3 Å². The maximum Gasteiger partial charge on any atom is 0.418 e. The van der Waals surface area contributed by atoms with E-state index in [0.29, 0.717) is 11.4 Å². The third kappa shape index (κ3) is 4.40. The first-order valence-corrected chi connectivity index (χ1v) is 9.10. The van der Waals surface area contributed by atoms with Crippen molar-refractivity contribution in [1.29, 1.82) is 0 Å². The molecular formula is C20H22F3N3O. The zero-order chi connectivity index (χ0) is 19.4. The predicted octanol–water partition coefficient (Wildman–Crippen LogP) is 5.25. The Labute approximate surface area is 156 Å². The molecule has 1 amide bonds. The highest BCUT2D eigenvalue weighted by Gasteiger charge is 2.33. The number of carbonyl (C=O) groups excluding carboxylic acids is 1. The molecule has 3 rings (SSSR count). The molecule has 1 aliphatic heterocycles. The fraction of sp³-hybridized carbons (Fsp3) is 0.400. The lowest BCUT2D eigenvalue weighted by Crippen LogP contribution is -2.43. The summed E-state index contributed by atoms with van der Waals surface area (Å²) in [6.07, 6.45) is 0.949. The molecule has 1 N–H and O–H groups in total. The Kier molecular flexibility index (Phi) is 5.68. The van der Waals surface area contributed by atoms with E-state index in [1.54, 1.807) is 12.1 Å². The maximum atomic E-state index is 13.1. The fourth-order valence-corrected chi connectivity index (χ4v) is 3.43. The van der Waals surface area contributed by atoms with Gasteiger partial charge in [0.25, 0.3) is 5.91 Å². The number of piperidine rings is 1. The van der Waals surface area contributed by atoms with Gasteiger partial charge in [0.15, 0.2) is 0 Å². The molecule has 1 aliphatic rings. The zero-order valence-corrected chi connectivity index (χ0v) is 15.1. The molecule has 1 aromatic heterocycles. The molecule has 1 saturated heterocycles. The number of pyridine rings is 1. The molecule has 0 aliphatic carbocycles. The minimum absolute atomic E-state index is 0.0482. The van der Waals surface area contributed by atoms with Crippen molar-refractivity contribution in [1.82, 2.24) is 9.88 Å². The largest absolute Gasteiger partial charge is 0.418 e. The van der Waals surface area contributed by atoms with E-state index in [2.05, 4.69) is 17.2 Å². The van der Waals surface area contributed by atoms with Crippen LogP contribution in [0.4, 0.5) is 24.5 Å². The molecule has 144 valence electrons. The van der Waals surface area contributed by atoms with Gasteiger partial charge >= 0.3 is 6.18 Å². The fourth-order valence-electron chi connectivity index (χ4n) is 3.43. The van der Waals surface area contributed by atoms with Crippen LogP contribution in [0.2, 0.25) is 0 Å². The molecule has 7 heteroatoms. The summed E-state index contributed by atoms with van der Waals surface area (Å²) in [6, 6.07) is 8.63. The molecule has 4 nitrogen and oxygen atoms in total. The number of benzene rings is 1. The SMILES string of the molecule is CCC1CCCCN1C(=O)c1ccc(Nc2ccccc2C(F)(F)F)cn1. The first-order valence-electron chi connectivity index (χ1n) is 9.10. The summed E-state index contributed by atoms with van der Waals surface area (Å²) in [5.41, 5.74) is -0.0869. The second-order valence-corrected chi connectivity index (χ2v) is 6.66. The highest BCUT2D eigenvalue weighted by atomic mass is 19.4. The number of hydrogen-bond donors (Lipinski definition) is 1. The molecule has 27 heavy (non-hydrogen) atoms. The van der Waals surface area contributed by atoms with Crippen LogP contribution in [0.5, 0.6) is 0 Å². The van der Waals surface area contributed by atoms with Crippen molar-refractivity contribution in [2.75, 3.05) is 11.9 Å². The quantitative estimate of drug-likeness (QED) is 0.792. The van der Waals surface area contributed by atoms with Crippen molar-refractivity contribution in [3.8, 4) is 0 Å². The monoisotopic (exact) mass is 377 g/mol.